The fourth-order valence-corrected chi connectivity index (χ4v) is 3.31. The van der Waals surface area contributed by atoms with Gasteiger partial charge in [-0.1, -0.05) is 42.5 Å². The Bertz CT molecular complexity index is 714. The van der Waals surface area contributed by atoms with Crippen LogP contribution in [0, 0.1) is 0 Å². The SMILES string of the molecule is CN=C(NCc1ccc(COC)cc1)N1CCC(Oc2ccccc2)CC1.I. The summed E-state index contributed by atoms with van der Waals surface area (Å²) in [5.41, 5.74) is 2.42. The van der Waals surface area contributed by atoms with Gasteiger partial charge in [-0.05, 0) is 23.3 Å². The summed E-state index contributed by atoms with van der Waals surface area (Å²) in [6, 6.07) is 18.6. The molecular weight excluding hydrogens is 465 g/mol. The molecule has 5 nitrogen and oxygen atoms in total. The Hall–Kier alpha value is -1.80. The zero-order valence-corrected chi connectivity index (χ0v) is 19.0. The molecule has 1 saturated heterocycles. The van der Waals surface area contributed by atoms with Gasteiger partial charge in [0.2, 0.25) is 0 Å². The van der Waals surface area contributed by atoms with E-state index in [1.54, 1.807) is 7.11 Å². The molecule has 0 spiro atoms. The Morgan fingerprint density at radius 1 is 1.04 bits per heavy atom. The number of nitrogens with one attached hydrogen (secondary N) is 1. The number of methoxy groups -OCH3 is 1. The highest BCUT2D eigenvalue weighted by molar-refractivity contribution is 14.0. The molecule has 0 bridgehead atoms. The van der Waals surface area contributed by atoms with Crippen molar-refractivity contribution in [2.75, 3.05) is 27.2 Å². The van der Waals surface area contributed by atoms with Crippen molar-refractivity contribution in [2.45, 2.75) is 32.1 Å². The highest BCUT2D eigenvalue weighted by atomic mass is 127. The summed E-state index contributed by atoms with van der Waals surface area (Å²) in [6.07, 6.45) is 2.28. The van der Waals surface area contributed by atoms with Gasteiger partial charge >= 0.3 is 0 Å². The number of nitrogens with zero attached hydrogens (tertiary/aromatic N) is 2. The lowest BCUT2D eigenvalue weighted by atomic mass is 10.1. The molecule has 1 aliphatic rings. The molecule has 1 aliphatic heterocycles. The van der Waals surface area contributed by atoms with Gasteiger partial charge in [-0.3, -0.25) is 4.99 Å². The summed E-state index contributed by atoms with van der Waals surface area (Å²) in [5, 5.41) is 3.48. The number of aliphatic imine (C=N–C) groups is 1. The first-order valence-electron chi connectivity index (χ1n) is 9.52. The van der Waals surface area contributed by atoms with Gasteiger partial charge in [0.15, 0.2) is 5.96 Å². The van der Waals surface area contributed by atoms with Gasteiger partial charge in [0.05, 0.1) is 6.61 Å². The standard InChI is InChI=1S/C22H29N3O2.HI/c1-23-22(24-16-18-8-10-19(11-9-18)17-26-2)25-14-12-21(13-15-25)27-20-6-4-3-5-7-20;/h3-11,21H,12-17H2,1-2H3,(H,23,24);1H. The van der Waals surface area contributed by atoms with Gasteiger partial charge in [0.1, 0.15) is 11.9 Å². The van der Waals surface area contributed by atoms with Gasteiger partial charge in [0.25, 0.3) is 0 Å². The van der Waals surface area contributed by atoms with Crippen LogP contribution in [-0.4, -0.2) is 44.2 Å². The Balaban J connectivity index is 0.00000280. The fourth-order valence-electron chi connectivity index (χ4n) is 3.31. The maximum Gasteiger partial charge on any atom is 0.193 e. The third kappa shape index (κ3) is 6.67. The molecule has 6 heteroatoms. The molecule has 0 aliphatic carbocycles. The van der Waals surface area contributed by atoms with E-state index in [4.69, 9.17) is 9.47 Å². The van der Waals surface area contributed by atoms with Gasteiger partial charge in [-0.2, -0.15) is 0 Å². The number of hydrogen-bond donors (Lipinski definition) is 1. The lowest BCUT2D eigenvalue weighted by Crippen LogP contribution is -2.47. The van der Waals surface area contributed by atoms with Crippen LogP contribution in [0.5, 0.6) is 5.75 Å². The van der Waals surface area contributed by atoms with Crippen molar-refractivity contribution in [1.29, 1.82) is 0 Å². The summed E-state index contributed by atoms with van der Waals surface area (Å²) >= 11 is 0. The van der Waals surface area contributed by atoms with E-state index in [0.717, 1.165) is 44.2 Å². The van der Waals surface area contributed by atoms with Crippen LogP contribution in [0.3, 0.4) is 0 Å². The molecule has 2 aromatic carbocycles. The van der Waals surface area contributed by atoms with Crippen LogP contribution in [-0.2, 0) is 17.9 Å². The Morgan fingerprint density at radius 3 is 2.29 bits per heavy atom. The number of ether oxygens (including phenoxy) is 2. The third-order valence-corrected chi connectivity index (χ3v) is 4.78. The summed E-state index contributed by atoms with van der Waals surface area (Å²) < 4.78 is 11.2. The maximum atomic E-state index is 6.08. The third-order valence-electron chi connectivity index (χ3n) is 4.78. The average Bonchev–Trinajstić information content (AvgIpc) is 2.72. The number of guanidine groups is 1. The van der Waals surface area contributed by atoms with Crippen molar-refractivity contribution in [2.24, 2.45) is 4.99 Å². The molecule has 1 heterocycles. The first-order valence-corrected chi connectivity index (χ1v) is 9.52. The molecule has 0 saturated carbocycles. The highest BCUT2D eigenvalue weighted by Gasteiger charge is 2.22. The van der Waals surface area contributed by atoms with E-state index in [1.165, 1.54) is 11.1 Å². The minimum Gasteiger partial charge on any atom is -0.490 e. The van der Waals surface area contributed by atoms with Crippen molar-refractivity contribution in [3.8, 4) is 5.75 Å². The second-order valence-electron chi connectivity index (χ2n) is 6.77. The first-order chi connectivity index (χ1) is 13.3. The molecule has 0 unspecified atom stereocenters. The van der Waals surface area contributed by atoms with E-state index in [-0.39, 0.29) is 30.1 Å². The summed E-state index contributed by atoms with van der Waals surface area (Å²) in [5.74, 6) is 1.91. The monoisotopic (exact) mass is 495 g/mol. The largest absolute Gasteiger partial charge is 0.490 e. The van der Waals surface area contributed by atoms with Crippen LogP contribution in [0.4, 0.5) is 0 Å². The lowest BCUT2D eigenvalue weighted by molar-refractivity contribution is 0.129. The van der Waals surface area contributed by atoms with E-state index in [2.05, 4.69) is 39.5 Å². The number of piperidine rings is 1. The fraction of sp³-hybridized carbons (Fsp3) is 0.409. The summed E-state index contributed by atoms with van der Waals surface area (Å²) in [7, 11) is 3.56. The minimum atomic E-state index is 0. The zero-order chi connectivity index (χ0) is 18.9. The number of halogens is 1. The van der Waals surface area contributed by atoms with Crippen molar-refractivity contribution in [1.82, 2.24) is 10.2 Å². The molecule has 3 rings (SSSR count). The second-order valence-corrected chi connectivity index (χ2v) is 6.77. The maximum absolute atomic E-state index is 6.08. The van der Waals surface area contributed by atoms with Crippen LogP contribution in [0.15, 0.2) is 59.6 Å². The zero-order valence-electron chi connectivity index (χ0n) is 16.6. The van der Waals surface area contributed by atoms with Gasteiger partial charge in [-0.15, -0.1) is 24.0 Å². The molecule has 0 aromatic heterocycles. The van der Waals surface area contributed by atoms with Crippen molar-refractivity contribution in [3.05, 3.63) is 65.7 Å². The van der Waals surface area contributed by atoms with Gasteiger partial charge in [-0.25, -0.2) is 0 Å². The Kier molecular flexibility index (Phi) is 9.57. The number of para-hydroxylation sites is 1. The molecular formula is C22H30IN3O2. The number of benzene rings is 2. The van der Waals surface area contributed by atoms with Crippen LogP contribution >= 0.6 is 24.0 Å². The molecule has 28 heavy (non-hydrogen) atoms. The molecule has 2 aromatic rings. The Morgan fingerprint density at radius 2 is 1.68 bits per heavy atom. The molecule has 0 amide bonds. The quantitative estimate of drug-likeness (QED) is 0.373. The number of rotatable bonds is 6. The smallest absolute Gasteiger partial charge is 0.193 e. The normalized spacial score (nSPS) is 15.1. The summed E-state index contributed by atoms with van der Waals surface area (Å²) in [4.78, 5) is 6.76. The van der Waals surface area contributed by atoms with Crippen molar-refractivity contribution < 1.29 is 9.47 Å². The first kappa shape index (κ1) is 22.5. The van der Waals surface area contributed by atoms with Gasteiger partial charge in [0, 0.05) is 46.6 Å². The molecule has 1 fully saturated rings. The predicted octanol–water partition coefficient (Wildman–Crippen LogP) is 4.07. The van der Waals surface area contributed by atoms with E-state index in [0.29, 0.717) is 6.61 Å². The Labute approximate surface area is 185 Å². The topological polar surface area (TPSA) is 46.1 Å². The van der Waals surface area contributed by atoms with Crippen molar-refractivity contribution >= 4 is 29.9 Å². The van der Waals surface area contributed by atoms with Gasteiger partial charge < -0.3 is 19.7 Å². The second kappa shape index (κ2) is 11.9. The molecule has 152 valence electrons. The van der Waals surface area contributed by atoms with Crippen LogP contribution < -0.4 is 10.1 Å². The minimum absolute atomic E-state index is 0. The van der Waals surface area contributed by atoms with E-state index in [9.17, 15) is 0 Å². The van der Waals surface area contributed by atoms with Crippen LogP contribution in [0.25, 0.3) is 0 Å². The van der Waals surface area contributed by atoms with E-state index >= 15 is 0 Å². The van der Waals surface area contributed by atoms with Crippen LogP contribution in [0.2, 0.25) is 0 Å². The van der Waals surface area contributed by atoms with E-state index in [1.807, 2.05) is 37.4 Å². The van der Waals surface area contributed by atoms with Crippen LogP contribution in [0.1, 0.15) is 24.0 Å². The lowest BCUT2D eigenvalue weighted by Gasteiger charge is -2.34. The predicted molar refractivity (Wildman–Crippen MR) is 124 cm³/mol. The van der Waals surface area contributed by atoms with E-state index < -0.39 is 0 Å². The highest BCUT2D eigenvalue weighted by Crippen LogP contribution is 2.18. The molecule has 0 radical (unpaired) electrons. The average molecular weight is 495 g/mol. The summed E-state index contributed by atoms with van der Waals surface area (Å²) in [6.45, 7) is 3.31. The van der Waals surface area contributed by atoms with Crippen molar-refractivity contribution in [3.63, 3.8) is 0 Å². The molecule has 1 N–H and O–H groups in total. The molecule has 0 atom stereocenters. The number of likely N-dealkylation sites (tertiary alicyclic amines) is 1. The number of hydrogen-bond acceptors (Lipinski definition) is 3.